The van der Waals surface area contributed by atoms with Crippen molar-refractivity contribution in [3.63, 3.8) is 0 Å². The fourth-order valence-corrected chi connectivity index (χ4v) is 2.42. The van der Waals surface area contributed by atoms with E-state index in [9.17, 15) is 4.79 Å². The first-order valence-electron chi connectivity index (χ1n) is 8.05. The number of nitrogens with one attached hydrogen (secondary N) is 1. The second-order valence-corrected chi connectivity index (χ2v) is 5.75. The number of nitriles is 1. The first-order valence-corrected chi connectivity index (χ1v) is 8.05. The van der Waals surface area contributed by atoms with E-state index in [0.717, 1.165) is 5.56 Å². The number of carbonyl (C=O) groups is 1. The van der Waals surface area contributed by atoms with Gasteiger partial charge in [-0.1, -0.05) is 17.3 Å². The van der Waals surface area contributed by atoms with Gasteiger partial charge in [0.25, 0.3) is 0 Å². The van der Waals surface area contributed by atoms with Crippen molar-refractivity contribution in [1.29, 1.82) is 5.26 Å². The van der Waals surface area contributed by atoms with Crippen molar-refractivity contribution < 1.29 is 14.1 Å². The Morgan fingerprint density at radius 3 is 2.35 bits per heavy atom. The average Bonchev–Trinajstić information content (AvgIpc) is 3.03. The highest BCUT2D eigenvalue weighted by Gasteiger charge is 2.16. The lowest BCUT2D eigenvalue weighted by atomic mass is 10.2. The number of aryl methyl sites for hydroxylation is 1. The summed E-state index contributed by atoms with van der Waals surface area (Å²) in [5.41, 5.74) is 2.54. The molecular weight excluding hydrogens is 330 g/mol. The highest BCUT2D eigenvalue weighted by molar-refractivity contribution is 5.97. The van der Waals surface area contributed by atoms with E-state index in [1.165, 1.54) is 6.92 Å². The molecule has 1 aromatic heterocycles. The molecule has 0 radical (unpaired) electrons. The number of hydrogen-bond acceptors (Lipinski definition) is 6. The molecule has 3 aromatic rings. The van der Waals surface area contributed by atoms with Crippen LogP contribution in [0.5, 0.6) is 11.5 Å². The van der Waals surface area contributed by atoms with Crippen LogP contribution in [-0.4, -0.2) is 10.9 Å². The molecule has 0 unspecified atom stereocenters. The number of rotatable bonds is 6. The van der Waals surface area contributed by atoms with Crippen LogP contribution in [-0.2, 0) is 6.54 Å². The zero-order valence-electron chi connectivity index (χ0n) is 14.4. The van der Waals surface area contributed by atoms with Crippen molar-refractivity contribution in [2.24, 2.45) is 0 Å². The molecule has 130 valence electrons. The molecule has 0 saturated heterocycles. The predicted octanol–water partition coefficient (Wildman–Crippen LogP) is 4.46. The van der Waals surface area contributed by atoms with Crippen LogP contribution in [0.2, 0.25) is 0 Å². The fourth-order valence-electron chi connectivity index (χ4n) is 2.42. The number of aromatic nitrogens is 1. The van der Waals surface area contributed by atoms with Crippen molar-refractivity contribution in [1.82, 2.24) is 5.16 Å². The molecule has 1 heterocycles. The van der Waals surface area contributed by atoms with E-state index >= 15 is 0 Å². The Kier molecular flexibility index (Phi) is 4.99. The molecule has 0 atom stereocenters. The lowest BCUT2D eigenvalue weighted by Crippen LogP contribution is -2.04. The minimum Gasteiger partial charge on any atom is -0.457 e. The van der Waals surface area contributed by atoms with Crippen molar-refractivity contribution in [2.45, 2.75) is 20.4 Å². The van der Waals surface area contributed by atoms with Crippen LogP contribution >= 0.6 is 0 Å². The standard InChI is InChI=1S/C20H17N3O3/c1-13(24)19-20(14(2)26-23-19)22-12-16-5-9-18(10-6-16)25-17-7-3-15(11-21)4-8-17/h3-10,22H,12H2,1-2H3. The van der Waals surface area contributed by atoms with Crippen LogP contribution in [0.1, 0.15) is 34.3 Å². The van der Waals surface area contributed by atoms with Crippen molar-refractivity contribution in [3.8, 4) is 17.6 Å². The summed E-state index contributed by atoms with van der Waals surface area (Å²) in [6.07, 6.45) is 0. The van der Waals surface area contributed by atoms with Crippen molar-refractivity contribution in [3.05, 3.63) is 71.1 Å². The number of benzene rings is 2. The van der Waals surface area contributed by atoms with Crippen LogP contribution in [0, 0.1) is 18.3 Å². The van der Waals surface area contributed by atoms with Gasteiger partial charge in [-0.3, -0.25) is 4.79 Å². The van der Waals surface area contributed by atoms with Gasteiger partial charge in [-0.25, -0.2) is 0 Å². The van der Waals surface area contributed by atoms with Crippen LogP contribution in [0.15, 0.2) is 53.1 Å². The molecule has 1 N–H and O–H groups in total. The molecule has 6 nitrogen and oxygen atoms in total. The fraction of sp³-hybridized carbons (Fsp3) is 0.150. The largest absolute Gasteiger partial charge is 0.457 e. The molecule has 0 bridgehead atoms. The SMILES string of the molecule is CC(=O)c1noc(C)c1NCc1ccc(Oc2ccc(C#N)cc2)cc1. The summed E-state index contributed by atoms with van der Waals surface area (Å²) in [5.74, 6) is 1.80. The number of ether oxygens (including phenoxy) is 1. The van der Waals surface area contributed by atoms with Gasteiger partial charge >= 0.3 is 0 Å². The lowest BCUT2D eigenvalue weighted by molar-refractivity contribution is 0.101. The average molecular weight is 347 g/mol. The Labute approximate surface area is 151 Å². The van der Waals surface area contributed by atoms with Gasteiger partial charge in [0.1, 0.15) is 17.2 Å². The molecule has 0 aliphatic heterocycles. The van der Waals surface area contributed by atoms with Gasteiger partial charge in [0.05, 0.1) is 11.6 Å². The summed E-state index contributed by atoms with van der Waals surface area (Å²) in [4.78, 5) is 11.6. The van der Waals surface area contributed by atoms with Gasteiger partial charge in [-0.15, -0.1) is 0 Å². The third-order valence-electron chi connectivity index (χ3n) is 3.81. The first kappa shape index (κ1) is 17.2. The Balaban J connectivity index is 1.64. The third-order valence-corrected chi connectivity index (χ3v) is 3.81. The molecule has 2 aromatic carbocycles. The lowest BCUT2D eigenvalue weighted by Gasteiger charge is -2.08. The van der Waals surface area contributed by atoms with Gasteiger partial charge in [-0.2, -0.15) is 5.26 Å². The van der Waals surface area contributed by atoms with Gasteiger partial charge in [-0.05, 0) is 48.9 Å². The number of Topliss-reactive ketones (excluding diaryl/α,β-unsaturated/α-hetero) is 1. The van der Waals surface area contributed by atoms with Crippen LogP contribution < -0.4 is 10.1 Å². The van der Waals surface area contributed by atoms with E-state index in [2.05, 4.69) is 16.5 Å². The number of carbonyl (C=O) groups excluding carboxylic acids is 1. The molecule has 0 saturated carbocycles. The van der Waals surface area contributed by atoms with Crippen LogP contribution in [0.25, 0.3) is 0 Å². The number of anilines is 1. The second-order valence-electron chi connectivity index (χ2n) is 5.75. The van der Waals surface area contributed by atoms with E-state index in [4.69, 9.17) is 14.5 Å². The summed E-state index contributed by atoms with van der Waals surface area (Å²) < 4.78 is 10.8. The second kappa shape index (κ2) is 7.53. The first-order chi connectivity index (χ1) is 12.6. The summed E-state index contributed by atoms with van der Waals surface area (Å²) in [7, 11) is 0. The van der Waals surface area contributed by atoms with E-state index in [1.807, 2.05) is 24.3 Å². The Morgan fingerprint density at radius 1 is 1.15 bits per heavy atom. The predicted molar refractivity (Wildman–Crippen MR) is 96.2 cm³/mol. The minimum atomic E-state index is -0.143. The molecule has 0 fully saturated rings. The molecule has 0 spiro atoms. The maximum atomic E-state index is 11.6. The smallest absolute Gasteiger partial charge is 0.183 e. The third kappa shape index (κ3) is 3.90. The molecule has 6 heteroatoms. The van der Waals surface area contributed by atoms with Gasteiger partial charge in [0.2, 0.25) is 0 Å². The van der Waals surface area contributed by atoms with Gasteiger partial charge in [0, 0.05) is 13.5 Å². The zero-order valence-corrected chi connectivity index (χ0v) is 14.4. The molecule has 0 aliphatic rings. The molecule has 26 heavy (non-hydrogen) atoms. The zero-order chi connectivity index (χ0) is 18.5. The monoisotopic (exact) mass is 347 g/mol. The Bertz CT molecular complexity index is 951. The Morgan fingerprint density at radius 2 is 1.77 bits per heavy atom. The summed E-state index contributed by atoms with van der Waals surface area (Å²) in [6.45, 7) is 3.74. The normalized spacial score (nSPS) is 10.2. The Hall–Kier alpha value is -3.59. The number of ketones is 1. The maximum absolute atomic E-state index is 11.6. The van der Waals surface area contributed by atoms with Crippen LogP contribution in [0.3, 0.4) is 0 Å². The summed E-state index contributed by atoms with van der Waals surface area (Å²) in [6, 6.07) is 16.6. The quantitative estimate of drug-likeness (QED) is 0.662. The molecule has 0 amide bonds. The number of hydrogen-bond donors (Lipinski definition) is 1. The molecule has 3 rings (SSSR count). The van der Waals surface area contributed by atoms with Gasteiger partial charge < -0.3 is 14.6 Å². The topological polar surface area (TPSA) is 88.2 Å². The number of nitrogens with zero attached hydrogens (tertiary/aromatic N) is 2. The maximum Gasteiger partial charge on any atom is 0.183 e. The van der Waals surface area contributed by atoms with Crippen LogP contribution in [0.4, 0.5) is 5.69 Å². The minimum absolute atomic E-state index is 0.143. The van der Waals surface area contributed by atoms with E-state index in [1.54, 1.807) is 31.2 Å². The van der Waals surface area contributed by atoms with Gasteiger partial charge in [0.15, 0.2) is 17.2 Å². The van der Waals surface area contributed by atoms with E-state index in [0.29, 0.717) is 40.7 Å². The highest BCUT2D eigenvalue weighted by atomic mass is 16.5. The van der Waals surface area contributed by atoms with E-state index < -0.39 is 0 Å². The summed E-state index contributed by atoms with van der Waals surface area (Å²) >= 11 is 0. The van der Waals surface area contributed by atoms with Crippen molar-refractivity contribution >= 4 is 11.5 Å². The molecule has 0 aliphatic carbocycles. The summed E-state index contributed by atoms with van der Waals surface area (Å²) in [5, 5.41) is 15.8. The van der Waals surface area contributed by atoms with E-state index in [-0.39, 0.29) is 5.78 Å². The molecular formula is C20H17N3O3. The van der Waals surface area contributed by atoms with Crippen molar-refractivity contribution in [2.75, 3.05) is 5.32 Å². The highest BCUT2D eigenvalue weighted by Crippen LogP contribution is 2.24.